The van der Waals surface area contributed by atoms with Crippen molar-refractivity contribution in [2.45, 2.75) is 34.9 Å². The summed E-state index contributed by atoms with van der Waals surface area (Å²) in [5.41, 5.74) is -2.44. The van der Waals surface area contributed by atoms with Crippen molar-refractivity contribution in [1.82, 2.24) is 9.88 Å². The van der Waals surface area contributed by atoms with Crippen molar-refractivity contribution in [3.05, 3.63) is 59.8 Å². The minimum Gasteiger partial charge on any atom is -0.480 e. The molecule has 11 heteroatoms. The van der Waals surface area contributed by atoms with Crippen LogP contribution in [0.1, 0.15) is 31.0 Å². The molecule has 4 rings (SSSR count). The summed E-state index contributed by atoms with van der Waals surface area (Å²) >= 11 is 0.772. The molecule has 1 aliphatic rings. The highest BCUT2D eigenvalue weighted by Crippen LogP contribution is 2.58. The molecule has 2 heterocycles. The molecule has 0 unspecified atom stereocenters. The van der Waals surface area contributed by atoms with E-state index in [1.807, 2.05) is 0 Å². The standard InChI is InChI=1S/C19H16F2N2O5S2/c1-18(11-5-3-2-4-6-11)10-19(18,17(24)25)23-30(26,27)15-8-7-14(29-15)13-9-12(16(20)21)22-28-13/h2-9,16,23H,10H2,1H3,(H,24,25)/t18-,19-/m1/s1. The van der Waals surface area contributed by atoms with Crippen LogP contribution in [0.2, 0.25) is 0 Å². The normalized spacial score (nSPS) is 23.6. The Morgan fingerprint density at radius 3 is 2.57 bits per heavy atom. The summed E-state index contributed by atoms with van der Waals surface area (Å²) in [4.78, 5) is 12.3. The molecule has 2 aromatic heterocycles. The Bertz CT molecular complexity index is 1210. The number of nitrogens with zero attached hydrogens (tertiary/aromatic N) is 1. The zero-order chi connectivity index (χ0) is 21.7. The van der Waals surface area contributed by atoms with E-state index in [0.717, 1.165) is 17.4 Å². The summed E-state index contributed by atoms with van der Waals surface area (Å²) in [6.07, 6.45) is -2.72. The Labute approximate surface area is 174 Å². The number of nitrogens with one attached hydrogen (secondary N) is 1. The van der Waals surface area contributed by atoms with E-state index in [9.17, 15) is 27.1 Å². The van der Waals surface area contributed by atoms with Gasteiger partial charge in [-0.2, -0.15) is 4.72 Å². The Morgan fingerprint density at radius 2 is 1.97 bits per heavy atom. The first-order chi connectivity index (χ1) is 14.1. The first kappa shape index (κ1) is 20.6. The molecule has 1 aromatic carbocycles. The number of aliphatic carboxylic acids is 1. The fourth-order valence-corrected chi connectivity index (χ4v) is 6.24. The van der Waals surface area contributed by atoms with E-state index >= 15 is 0 Å². The van der Waals surface area contributed by atoms with Gasteiger partial charge in [0.25, 0.3) is 16.4 Å². The first-order valence-electron chi connectivity index (χ1n) is 8.77. The lowest BCUT2D eigenvalue weighted by atomic mass is 9.93. The van der Waals surface area contributed by atoms with Gasteiger partial charge in [-0.3, -0.25) is 4.79 Å². The predicted molar refractivity (Wildman–Crippen MR) is 104 cm³/mol. The van der Waals surface area contributed by atoms with Gasteiger partial charge in [0.1, 0.15) is 15.4 Å². The molecular weight excluding hydrogens is 438 g/mol. The molecule has 0 radical (unpaired) electrons. The molecule has 30 heavy (non-hydrogen) atoms. The van der Waals surface area contributed by atoms with Crippen molar-refractivity contribution < 1.29 is 31.6 Å². The highest BCUT2D eigenvalue weighted by molar-refractivity contribution is 7.91. The van der Waals surface area contributed by atoms with Gasteiger partial charge < -0.3 is 9.63 Å². The number of halogens is 2. The van der Waals surface area contributed by atoms with Crippen molar-refractivity contribution in [3.63, 3.8) is 0 Å². The van der Waals surface area contributed by atoms with E-state index in [-0.39, 0.29) is 21.3 Å². The number of aromatic nitrogens is 1. The molecule has 0 bridgehead atoms. The summed E-state index contributed by atoms with van der Waals surface area (Å²) in [6, 6.07) is 12.5. The largest absolute Gasteiger partial charge is 0.480 e. The number of alkyl halides is 2. The summed E-state index contributed by atoms with van der Waals surface area (Å²) in [5.74, 6) is -1.27. The van der Waals surface area contributed by atoms with Crippen LogP contribution in [-0.2, 0) is 20.2 Å². The fourth-order valence-electron chi connectivity index (χ4n) is 3.53. The van der Waals surface area contributed by atoms with E-state index < -0.39 is 39.1 Å². The molecule has 0 saturated heterocycles. The second-order valence-corrected chi connectivity index (χ2v) is 10.2. The Balaban J connectivity index is 1.63. The lowest BCUT2D eigenvalue weighted by Crippen LogP contribution is -2.47. The zero-order valence-corrected chi connectivity index (χ0v) is 17.1. The number of rotatable bonds is 7. The van der Waals surface area contributed by atoms with Gasteiger partial charge >= 0.3 is 5.97 Å². The quantitative estimate of drug-likeness (QED) is 0.562. The van der Waals surface area contributed by atoms with Crippen LogP contribution in [0, 0.1) is 0 Å². The summed E-state index contributed by atoms with van der Waals surface area (Å²) in [6.45, 7) is 1.69. The van der Waals surface area contributed by atoms with Crippen LogP contribution in [0.4, 0.5) is 8.78 Å². The number of benzene rings is 1. The van der Waals surface area contributed by atoms with Crippen LogP contribution < -0.4 is 4.72 Å². The molecule has 2 N–H and O–H groups in total. The number of hydrogen-bond donors (Lipinski definition) is 2. The monoisotopic (exact) mass is 454 g/mol. The number of carboxylic acid groups (broad SMARTS) is 1. The third-order valence-corrected chi connectivity index (χ3v) is 8.45. The third-order valence-electron chi connectivity index (χ3n) is 5.36. The van der Waals surface area contributed by atoms with Crippen molar-refractivity contribution in [1.29, 1.82) is 0 Å². The maximum Gasteiger partial charge on any atom is 0.325 e. The minimum absolute atomic E-state index is 0.00486. The molecule has 158 valence electrons. The van der Waals surface area contributed by atoms with Gasteiger partial charge in [0.15, 0.2) is 5.76 Å². The van der Waals surface area contributed by atoms with Gasteiger partial charge in [-0.1, -0.05) is 42.4 Å². The van der Waals surface area contributed by atoms with Crippen molar-refractivity contribution in [2.24, 2.45) is 0 Å². The van der Waals surface area contributed by atoms with E-state index in [1.54, 1.807) is 37.3 Å². The van der Waals surface area contributed by atoms with E-state index in [2.05, 4.69) is 9.88 Å². The number of hydrogen-bond acceptors (Lipinski definition) is 6. The van der Waals surface area contributed by atoms with E-state index in [4.69, 9.17) is 4.52 Å². The number of sulfonamides is 1. The molecule has 1 aliphatic carbocycles. The third kappa shape index (κ3) is 3.22. The summed E-state index contributed by atoms with van der Waals surface area (Å²) in [7, 11) is -4.20. The van der Waals surface area contributed by atoms with Crippen LogP contribution in [0.5, 0.6) is 0 Å². The Hall–Kier alpha value is -2.63. The first-order valence-corrected chi connectivity index (χ1v) is 11.1. The molecule has 0 aliphatic heterocycles. The highest BCUT2D eigenvalue weighted by Gasteiger charge is 2.72. The predicted octanol–water partition coefficient (Wildman–Crippen LogP) is 3.80. The Morgan fingerprint density at radius 1 is 1.27 bits per heavy atom. The van der Waals surface area contributed by atoms with Gasteiger partial charge in [0, 0.05) is 11.5 Å². The summed E-state index contributed by atoms with van der Waals surface area (Å²) < 4.78 is 58.3. The van der Waals surface area contributed by atoms with Crippen LogP contribution >= 0.6 is 11.3 Å². The molecular formula is C19H16F2N2O5S2. The smallest absolute Gasteiger partial charge is 0.325 e. The lowest BCUT2D eigenvalue weighted by Gasteiger charge is -2.20. The van der Waals surface area contributed by atoms with Gasteiger partial charge in [-0.25, -0.2) is 17.2 Å². The number of thiophene rings is 1. The van der Waals surface area contributed by atoms with Gasteiger partial charge in [-0.15, -0.1) is 11.3 Å². The Kier molecular flexibility index (Phi) is 4.79. The molecule has 2 atom stereocenters. The average molecular weight is 454 g/mol. The van der Waals surface area contributed by atoms with Crippen molar-refractivity contribution in [3.8, 4) is 10.6 Å². The summed E-state index contributed by atoms with van der Waals surface area (Å²) in [5, 5.41) is 13.1. The average Bonchev–Trinajstić information content (AvgIpc) is 3.11. The molecule has 1 saturated carbocycles. The van der Waals surface area contributed by atoms with Gasteiger partial charge in [0.2, 0.25) is 0 Å². The van der Waals surface area contributed by atoms with Crippen molar-refractivity contribution >= 4 is 27.3 Å². The molecule has 0 spiro atoms. The second kappa shape index (κ2) is 6.96. The van der Waals surface area contributed by atoms with Crippen molar-refractivity contribution in [2.75, 3.05) is 0 Å². The van der Waals surface area contributed by atoms with E-state index in [1.165, 1.54) is 12.1 Å². The van der Waals surface area contributed by atoms with Crippen LogP contribution in [0.25, 0.3) is 10.6 Å². The molecule has 1 fully saturated rings. The minimum atomic E-state index is -4.20. The number of carbonyl (C=O) groups is 1. The topological polar surface area (TPSA) is 110 Å². The number of carboxylic acids is 1. The lowest BCUT2D eigenvalue weighted by molar-refractivity contribution is -0.140. The molecule has 3 aromatic rings. The maximum atomic E-state index is 12.9. The maximum absolute atomic E-state index is 12.9. The zero-order valence-electron chi connectivity index (χ0n) is 15.5. The van der Waals surface area contributed by atoms with Crippen LogP contribution in [-0.4, -0.2) is 30.2 Å². The fraction of sp³-hybridized carbons (Fsp3) is 0.263. The second-order valence-electron chi connectivity index (χ2n) is 7.23. The highest BCUT2D eigenvalue weighted by atomic mass is 32.2. The van der Waals surface area contributed by atoms with E-state index in [0.29, 0.717) is 5.56 Å². The SMILES string of the molecule is C[C@]1(c2ccccc2)C[C@@]1(NS(=O)(=O)c1ccc(-c2cc(C(F)F)no2)s1)C(=O)O. The molecule has 0 amide bonds. The molecule has 7 nitrogen and oxygen atoms in total. The van der Waals surface area contributed by atoms with Crippen LogP contribution in [0.3, 0.4) is 0 Å². The van der Waals surface area contributed by atoms with Crippen LogP contribution in [0.15, 0.2) is 57.3 Å². The van der Waals surface area contributed by atoms with Gasteiger partial charge in [0.05, 0.1) is 4.88 Å². The van der Waals surface area contributed by atoms with Gasteiger partial charge in [-0.05, 0) is 24.1 Å².